The van der Waals surface area contributed by atoms with Gasteiger partial charge in [-0.15, -0.1) is 11.8 Å². The molecular formula is C22H35N3OS. The van der Waals surface area contributed by atoms with E-state index in [1.165, 1.54) is 10.5 Å². The number of thioether (sulfide) groups is 1. The van der Waals surface area contributed by atoms with Gasteiger partial charge in [-0.2, -0.15) is 5.26 Å². The van der Waals surface area contributed by atoms with Gasteiger partial charge in [-0.1, -0.05) is 63.6 Å². The van der Waals surface area contributed by atoms with Gasteiger partial charge in [-0.25, -0.2) is 0 Å². The minimum atomic E-state index is -0.168. The van der Waals surface area contributed by atoms with Crippen molar-refractivity contribution < 1.29 is 4.79 Å². The van der Waals surface area contributed by atoms with E-state index in [-0.39, 0.29) is 17.2 Å². The third kappa shape index (κ3) is 8.64. The van der Waals surface area contributed by atoms with Crippen molar-refractivity contribution in [2.45, 2.75) is 65.2 Å². The number of hydrogen-bond acceptors (Lipinski definition) is 4. The van der Waals surface area contributed by atoms with Crippen LogP contribution < -0.4 is 5.73 Å². The lowest BCUT2D eigenvalue weighted by Crippen LogP contribution is -2.35. The van der Waals surface area contributed by atoms with Crippen molar-refractivity contribution in [3.05, 3.63) is 46.9 Å². The van der Waals surface area contributed by atoms with Gasteiger partial charge in [0.05, 0.1) is 17.9 Å². The predicted molar refractivity (Wildman–Crippen MR) is 118 cm³/mol. The molecule has 2 atom stereocenters. The van der Waals surface area contributed by atoms with Crippen molar-refractivity contribution >= 4 is 17.7 Å². The average Bonchev–Trinajstić information content (AvgIpc) is 3.11. The molecule has 2 heterocycles. The summed E-state index contributed by atoms with van der Waals surface area (Å²) in [6, 6.07) is 2.14. The van der Waals surface area contributed by atoms with Crippen molar-refractivity contribution in [2.75, 3.05) is 13.1 Å². The SMILES string of the molecule is C=C/C=C(\C)CC(N)/C=C/C(=O)N1CCC2=C(C1)SC(C#N)C2.CC.CC. The molecule has 2 aliphatic rings. The first-order chi connectivity index (χ1) is 13.0. The van der Waals surface area contributed by atoms with E-state index in [0.29, 0.717) is 13.0 Å². The van der Waals surface area contributed by atoms with E-state index < -0.39 is 0 Å². The smallest absolute Gasteiger partial charge is 0.246 e. The van der Waals surface area contributed by atoms with Crippen LogP contribution in [0.3, 0.4) is 0 Å². The van der Waals surface area contributed by atoms with Crippen LogP contribution in [-0.4, -0.2) is 35.2 Å². The summed E-state index contributed by atoms with van der Waals surface area (Å²) in [6.07, 6.45) is 9.47. The Labute approximate surface area is 169 Å². The topological polar surface area (TPSA) is 70.1 Å². The summed E-state index contributed by atoms with van der Waals surface area (Å²) < 4.78 is 0. The maximum Gasteiger partial charge on any atom is 0.246 e. The maximum absolute atomic E-state index is 12.3. The second kappa shape index (κ2) is 14.3. The van der Waals surface area contributed by atoms with E-state index in [4.69, 9.17) is 11.0 Å². The molecule has 0 aromatic carbocycles. The van der Waals surface area contributed by atoms with Crippen LogP contribution in [0.5, 0.6) is 0 Å². The van der Waals surface area contributed by atoms with Crippen LogP contribution in [-0.2, 0) is 4.79 Å². The second-order valence-corrected chi connectivity index (χ2v) is 7.25. The quantitative estimate of drug-likeness (QED) is 0.533. The van der Waals surface area contributed by atoms with Crippen molar-refractivity contribution in [2.24, 2.45) is 5.73 Å². The fraction of sp³-hybridized carbons (Fsp3) is 0.545. The highest BCUT2D eigenvalue weighted by molar-refractivity contribution is 8.04. The summed E-state index contributed by atoms with van der Waals surface area (Å²) in [5.74, 6) is -0.00152. The van der Waals surface area contributed by atoms with Crippen molar-refractivity contribution in [3.8, 4) is 6.07 Å². The minimum absolute atomic E-state index is 0.00152. The summed E-state index contributed by atoms with van der Waals surface area (Å²) in [5, 5.41) is 9.06. The predicted octanol–water partition coefficient (Wildman–Crippen LogP) is 4.96. The van der Waals surface area contributed by atoms with Crippen LogP contribution in [0.25, 0.3) is 0 Å². The molecule has 2 rings (SSSR count). The van der Waals surface area contributed by atoms with Crippen LogP contribution in [0, 0.1) is 11.3 Å². The summed E-state index contributed by atoms with van der Waals surface area (Å²) in [5.41, 5.74) is 8.52. The number of rotatable bonds is 5. The molecule has 5 heteroatoms. The fourth-order valence-electron chi connectivity index (χ4n) is 2.83. The Balaban J connectivity index is 0.00000158. The minimum Gasteiger partial charge on any atom is -0.334 e. The number of carbonyl (C=O) groups is 1. The Morgan fingerprint density at radius 2 is 2.11 bits per heavy atom. The van der Waals surface area contributed by atoms with Gasteiger partial charge < -0.3 is 10.6 Å². The Morgan fingerprint density at radius 3 is 2.70 bits per heavy atom. The third-order valence-corrected chi connectivity index (χ3v) is 5.29. The first kappa shape index (κ1) is 25.2. The fourth-order valence-corrected chi connectivity index (χ4v) is 4.09. The van der Waals surface area contributed by atoms with E-state index in [9.17, 15) is 4.79 Å². The zero-order valence-corrected chi connectivity index (χ0v) is 18.3. The first-order valence-corrected chi connectivity index (χ1v) is 10.7. The van der Waals surface area contributed by atoms with E-state index in [1.54, 1.807) is 30.0 Å². The molecule has 0 bridgehead atoms. The molecule has 2 aliphatic heterocycles. The van der Waals surface area contributed by atoms with Gasteiger partial charge in [0, 0.05) is 23.6 Å². The van der Waals surface area contributed by atoms with Crippen LogP contribution in [0.15, 0.2) is 46.9 Å². The van der Waals surface area contributed by atoms with Crippen molar-refractivity contribution in [1.29, 1.82) is 5.26 Å². The normalized spacial score (nSPS) is 20.0. The molecule has 2 N–H and O–H groups in total. The third-order valence-electron chi connectivity index (χ3n) is 4.03. The summed E-state index contributed by atoms with van der Waals surface area (Å²) in [7, 11) is 0. The van der Waals surface area contributed by atoms with Crippen LogP contribution in [0.2, 0.25) is 0 Å². The van der Waals surface area contributed by atoms with Gasteiger partial charge in [-0.3, -0.25) is 4.79 Å². The Morgan fingerprint density at radius 1 is 1.44 bits per heavy atom. The largest absolute Gasteiger partial charge is 0.334 e. The highest BCUT2D eigenvalue weighted by Crippen LogP contribution is 2.41. The van der Waals surface area contributed by atoms with Gasteiger partial charge in [0.2, 0.25) is 5.91 Å². The molecule has 0 fully saturated rings. The molecule has 0 saturated heterocycles. The zero-order valence-electron chi connectivity index (χ0n) is 17.5. The molecule has 0 spiro atoms. The van der Waals surface area contributed by atoms with Gasteiger partial charge in [0.1, 0.15) is 0 Å². The molecular weight excluding hydrogens is 354 g/mol. The Bertz CT molecular complexity index is 614. The molecule has 0 aromatic heterocycles. The van der Waals surface area contributed by atoms with E-state index in [2.05, 4.69) is 12.6 Å². The zero-order chi connectivity index (χ0) is 20.8. The molecule has 0 radical (unpaired) electrons. The molecule has 27 heavy (non-hydrogen) atoms. The summed E-state index contributed by atoms with van der Waals surface area (Å²) in [4.78, 5) is 15.4. The number of nitrogens with zero attached hydrogens (tertiary/aromatic N) is 2. The van der Waals surface area contributed by atoms with Crippen LogP contribution >= 0.6 is 11.8 Å². The average molecular weight is 390 g/mol. The van der Waals surface area contributed by atoms with Crippen LogP contribution in [0.4, 0.5) is 0 Å². The number of hydrogen-bond donors (Lipinski definition) is 1. The maximum atomic E-state index is 12.3. The standard InChI is InChI=1S/C18H23N3OS.2C2H6/c1-3-4-13(2)9-15(20)5-6-18(22)21-8-7-14-10-16(11-19)23-17(14)12-21;2*1-2/h3-6,15-16H,1,7-10,12,20H2,2H3;2*1-2H3/b6-5+,13-4+;;. The molecule has 0 aromatic rings. The van der Waals surface area contributed by atoms with Gasteiger partial charge in [0.15, 0.2) is 0 Å². The summed E-state index contributed by atoms with van der Waals surface area (Å²) in [6.45, 7) is 15.0. The first-order valence-electron chi connectivity index (χ1n) is 9.81. The molecule has 4 nitrogen and oxygen atoms in total. The molecule has 2 unspecified atom stereocenters. The lowest BCUT2D eigenvalue weighted by atomic mass is 10.0. The van der Waals surface area contributed by atoms with Crippen molar-refractivity contribution in [3.63, 3.8) is 0 Å². The lowest BCUT2D eigenvalue weighted by molar-refractivity contribution is -0.125. The number of nitrogens with two attached hydrogens (primary N) is 1. The number of allylic oxidation sites excluding steroid dienone is 2. The number of nitriles is 1. The van der Waals surface area contributed by atoms with Crippen LogP contribution in [0.1, 0.15) is 53.9 Å². The Kier molecular flexibility index (Phi) is 13.4. The number of carbonyl (C=O) groups excluding carboxylic acids is 1. The molecule has 0 aliphatic carbocycles. The monoisotopic (exact) mass is 389 g/mol. The molecule has 150 valence electrons. The highest BCUT2D eigenvalue weighted by Gasteiger charge is 2.30. The molecule has 0 saturated carbocycles. The van der Waals surface area contributed by atoms with Crippen molar-refractivity contribution in [1.82, 2.24) is 4.90 Å². The lowest BCUT2D eigenvalue weighted by Gasteiger charge is -2.27. The Hall–Kier alpha value is -1.77. The highest BCUT2D eigenvalue weighted by atomic mass is 32.2. The molecule has 1 amide bonds. The number of amides is 1. The van der Waals surface area contributed by atoms with E-state index >= 15 is 0 Å². The van der Waals surface area contributed by atoms with E-state index in [1.807, 2.05) is 45.6 Å². The second-order valence-electron chi connectivity index (χ2n) is 5.95. The van der Waals surface area contributed by atoms with E-state index in [0.717, 1.165) is 25.0 Å². The van der Waals surface area contributed by atoms with Gasteiger partial charge in [0.25, 0.3) is 0 Å². The van der Waals surface area contributed by atoms with Gasteiger partial charge in [-0.05, 0) is 26.2 Å². The van der Waals surface area contributed by atoms with Gasteiger partial charge >= 0.3 is 0 Å². The summed E-state index contributed by atoms with van der Waals surface area (Å²) >= 11 is 1.61.